The molecule has 0 aliphatic heterocycles. The highest BCUT2D eigenvalue weighted by atomic mass is 35.5. The molecule has 0 saturated carbocycles. The maximum absolute atomic E-state index is 5.81. The minimum absolute atomic E-state index is 0.372. The van der Waals surface area contributed by atoms with Gasteiger partial charge in [-0.05, 0) is 31.5 Å². The second kappa shape index (κ2) is 6.38. The summed E-state index contributed by atoms with van der Waals surface area (Å²) in [4.78, 5) is 4.13. The summed E-state index contributed by atoms with van der Waals surface area (Å²) >= 11 is 5.81. The number of benzene rings is 1. The number of aliphatic imine (C=N–C) groups is 1. The highest BCUT2D eigenvalue weighted by Crippen LogP contribution is 2.08. The van der Waals surface area contributed by atoms with Crippen LogP contribution in [0.25, 0.3) is 0 Å². The molecule has 0 unspecified atom stereocenters. The normalized spacial score (nSPS) is 11.7. The summed E-state index contributed by atoms with van der Waals surface area (Å²) in [6.45, 7) is 4.90. The first-order valence-electron chi connectivity index (χ1n) is 5.33. The zero-order valence-electron chi connectivity index (χ0n) is 9.92. The lowest BCUT2D eigenvalue weighted by molar-refractivity contribution is 0.699. The molecule has 2 N–H and O–H groups in total. The van der Waals surface area contributed by atoms with Gasteiger partial charge in [0.2, 0.25) is 0 Å². The molecule has 1 rings (SSSR count). The summed E-state index contributed by atoms with van der Waals surface area (Å²) in [6, 6.07) is 8.14. The van der Waals surface area contributed by atoms with Crippen LogP contribution < -0.4 is 10.6 Å². The highest BCUT2D eigenvalue weighted by Gasteiger charge is 1.99. The smallest absolute Gasteiger partial charge is 0.191 e. The first kappa shape index (κ1) is 12.8. The summed E-state index contributed by atoms with van der Waals surface area (Å²) < 4.78 is 0. The van der Waals surface area contributed by atoms with Crippen molar-refractivity contribution in [2.24, 2.45) is 4.99 Å². The molecule has 1 aromatic carbocycles. The lowest BCUT2D eigenvalue weighted by Gasteiger charge is -2.14. The van der Waals surface area contributed by atoms with Gasteiger partial charge in [0, 0.05) is 24.7 Å². The topological polar surface area (TPSA) is 36.4 Å². The zero-order chi connectivity index (χ0) is 12.0. The molecule has 0 aliphatic carbocycles. The average Bonchev–Trinajstić information content (AvgIpc) is 2.26. The van der Waals surface area contributed by atoms with Crippen LogP contribution in [0.2, 0.25) is 5.02 Å². The number of nitrogens with zero attached hydrogens (tertiary/aromatic N) is 1. The van der Waals surface area contributed by atoms with Crippen molar-refractivity contribution in [3.05, 3.63) is 34.9 Å². The summed E-state index contributed by atoms with van der Waals surface area (Å²) in [5, 5.41) is 7.21. The van der Waals surface area contributed by atoms with E-state index in [4.69, 9.17) is 11.6 Å². The standard InChI is InChI=1S/C12H18ClN3/c1-9(2)16-12(14-3)15-8-10-4-6-11(13)7-5-10/h4-7,9H,8H2,1-3H3,(H2,14,15,16). The maximum Gasteiger partial charge on any atom is 0.191 e. The fraction of sp³-hybridized carbons (Fsp3) is 0.417. The van der Waals surface area contributed by atoms with Crippen LogP contribution in [0, 0.1) is 0 Å². The lowest BCUT2D eigenvalue weighted by atomic mass is 10.2. The van der Waals surface area contributed by atoms with Crippen molar-refractivity contribution >= 4 is 17.6 Å². The third-order valence-corrected chi connectivity index (χ3v) is 2.27. The molecule has 0 aliphatic rings. The van der Waals surface area contributed by atoms with Crippen LogP contribution in [0.4, 0.5) is 0 Å². The molecular formula is C12H18ClN3. The Labute approximate surface area is 102 Å². The molecule has 1 aromatic rings. The van der Waals surface area contributed by atoms with Crippen LogP contribution >= 0.6 is 11.6 Å². The monoisotopic (exact) mass is 239 g/mol. The van der Waals surface area contributed by atoms with Crippen molar-refractivity contribution < 1.29 is 0 Å². The van der Waals surface area contributed by atoms with E-state index >= 15 is 0 Å². The van der Waals surface area contributed by atoms with Gasteiger partial charge in [-0.1, -0.05) is 23.7 Å². The van der Waals surface area contributed by atoms with Gasteiger partial charge in [-0.2, -0.15) is 0 Å². The van der Waals surface area contributed by atoms with Gasteiger partial charge < -0.3 is 10.6 Å². The van der Waals surface area contributed by atoms with Crippen molar-refractivity contribution in [1.82, 2.24) is 10.6 Å². The second-order valence-electron chi connectivity index (χ2n) is 3.85. The third-order valence-electron chi connectivity index (χ3n) is 2.02. The number of rotatable bonds is 3. The zero-order valence-corrected chi connectivity index (χ0v) is 10.7. The van der Waals surface area contributed by atoms with Crippen LogP contribution in [-0.2, 0) is 6.54 Å². The minimum atomic E-state index is 0.372. The van der Waals surface area contributed by atoms with Crippen LogP contribution in [-0.4, -0.2) is 19.0 Å². The molecule has 4 heteroatoms. The van der Waals surface area contributed by atoms with Crippen molar-refractivity contribution in [1.29, 1.82) is 0 Å². The molecule has 0 amide bonds. The minimum Gasteiger partial charge on any atom is -0.354 e. The van der Waals surface area contributed by atoms with E-state index in [1.165, 1.54) is 5.56 Å². The number of guanidine groups is 1. The molecule has 0 bridgehead atoms. The van der Waals surface area contributed by atoms with E-state index in [9.17, 15) is 0 Å². The summed E-state index contributed by atoms with van der Waals surface area (Å²) in [7, 11) is 1.76. The van der Waals surface area contributed by atoms with Gasteiger partial charge in [0.25, 0.3) is 0 Å². The molecule has 16 heavy (non-hydrogen) atoms. The van der Waals surface area contributed by atoms with Gasteiger partial charge in [-0.25, -0.2) is 0 Å². The van der Waals surface area contributed by atoms with Crippen LogP contribution in [0.3, 0.4) is 0 Å². The quantitative estimate of drug-likeness (QED) is 0.628. The second-order valence-corrected chi connectivity index (χ2v) is 4.29. The predicted octanol–water partition coefficient (Wildman–Crippen LogP) is 2.41. The maximum atomic E-state index is 5.81. The van der Waals surface area contributed by atoms with Crippen LogP contribution in [0.15, 0.2) is 29.3 Å². The van der Waals surface area contributed by atoms with E-state index < -0.39 is 0 Å². The number of hydrogen-bond donors (Lipinski definition) is 2. The first-order chi connectivity index (χ1) is 7.61. The molecule has 0 radical (unpaired) electrons. The molecule has 0 fully saturated rings. The Morgan fingerprint density at radius 3 is 2.44 bits per heavy atom. The fourth-order valence-corrected chi connectivity index (χ4v) is 1.38. The van der Waals surface area contributed by atoms with Crippen molar-refractivity contribution in [3.8, 4) is 0 Å². The van der Waals surface area contributed by atoms with Crippen LogP contribution in [0.5, 0.6) is 0 Å². The van der Waals surface area contributed by atoms with E-state index in [0.717, 1.165) is 17.5 Å². The lowest BCUT2D eigenvalue weighted by Crippen LogP contribution is -2.40. The fourth-order valence-electron chi connectivity index (χ4n) is 1.26. The molecule has 0 atom stereocenters. The molecule has 0 aromatic heterocycles. The Bertz CT molecular complexity index is 344. The Hall–Kier alpha value is -1.22. The van der Waals surface area contributed by atoms with Crippen LogP contribution in [0.1, 0.15) is 19.4 Å². The highest BCUT2D eigenvalue weighted by molar-refractivity contribution is 6.30. The average molecular weight is 240 g/mol. The number of nitrogens with one attached hydrogen (secondary N) is 2. The van der Waals surface area contributed by atoms with Crippen molar-refractivity contribution in [2.75, 3.05) is 7.05 Å². The van der Waals surface area contributed by atoms with Gasteiger partial charge in [0.15, 0.2) is 5.96 Å². The van der Waals surface area contributed by atoms with E-state index in [-0.39, 0.29) is 0 Å². The summed E-state index contributed by atoms with van der Waals surface area (Å²) in [5.74, 6) is 0.810. The van der Waals surface area contributed by atoms with E-state index in [1.54, 1.807) is 7.05 Å². The molecular weight excluding hydrogens is 222 g/mol. The molecule has 3 nitrogen and oxygen atoms in total. The Kier molecular flexibility index (Phi) is 5.12. The van der Waals surface area contributed by atoms with E-state index in [2.05, 4.69) is 29.5 Å². The van der Waals surface area contributed by atoms with Crippen molar-refractivity contribution in [3.63, 3.8) is 0 Å². The number of hydrogen-bond acceptors (Lipinski definition) is 1. The SMILES string of the molecule is CN=C(NCc1ccc(Cl)cc1)NC(C)C. The molecule has 0 heterocycles. The van der Waals surface area contributed by atoms with Crippen molar-refractivity contribution in [2.45, 2.75) is 26.4 Å². The first-order valence-corrected chi connectivity index (χ1v) is 5.71. The largest absolute Gasteiger partial charge is 0.354 e. The predicted molar refractivity (Wildman–Crippen MR) is 69.9 cm³/mol. The van der Waals surface area contributed by atoms with Gasteiger partial charge in [0.05, 0.1) is 0 Å². The Morgan fingerprint density at radius 1 is 1.31 bits per heavy atom. The van der Waals surface area contributed by atoms with E-state index in [0.29, 0.717) is 6.04 Å². The van der Waals surface area contributed by atoms with Gasteiger partial charge in [-0.15, -0.1) is 0 Å². The summed E-state index contributed by atoms with van der Waals surface area (Å²) in [6.07, 6.45) is 0. The number of halogens is 1. The Balaban J connectivity index is 2.47. The molecule has 0 spiro atoms. The van der Waals surface area contributed by atoms with Gasteiger partial charge >= 0.3 is 0 Å². The summed E-state index contributed by atoms with van der Waals surface area (Å²) in [5.41, 5.74) is 1.18. The van der Waals surface area contributed by atoms with Gasteiger partial charge in [0.1, 0.15) is 0 Å². The van der Waals surface area contributed by atoms with Gasteiger partial charge in [-0.3, -0.25) is 4.99 Å². The molecule has 0 saturated heterocycles. The Morgan fingerprint density at radius 2 is 1.94 bits per heavy atom. The van der Waals surface area contributed by atoms with E-state index in [1.807, 2.05) is 24.3 Å². The molecule has 88 valence electrons. The third kappa shape index (κ3) is 4.53.